The van der Waals surface area contributed by atoms with Crippen LogP contribution in [0.2, 0.25) is 0 Å². The molecule has 0 bridgehead atoms. The van der Waals surface area contributed by atoms with Crippen molar-refractivity contribution < 1.29 is 4.74 Å². The Morgan fingerprint density at radius 2 is 1.80 bits per heavy atom. The lowest BCUT2D eigenvalue weighted by molar-refractivity contribution is 0.0252. The summed E-state index contributed by atoms with van der Waals surface area (Å²) in [4.78, 5) is 10.9. The Morgan fingerprint density at radius 1 is 1.03 bits per heavy atom. The first-order valence-corrected chi connectivity index (χ1v) is 13.3. The number of aromatic nitrogens is 4. The van der Waals surface area contributed by atoms with Gasteiger partial charge in [0.2, 0.25) is 0 Å². The van der Waals surface area contributed by atoms with Crippen LogP contribution in [0.3, 0.4) is 0 Å². The summed E-state index contributed by atoms with van der Waals surface area (Å²) >= 11 is 0. The average molecular weight is 472 g/mol. The number of nitrogens with one attached hydrogen (secondary N) is 1. The van der Waals surface area contributed by atoms with Crippen LogP contribution >= 0.6 is 0 Å². The quantitative estimate of drug-likeness (QED) is 0.398. The molecule has 0 amide bonds. The van der Waals surface area contributed by atoms with Gasteiger partial charge >= 0.3 is 0 Å². The van der Waals surface area contributed by atoms with Gasteiger partial charge in [-0.25, -0.2) is 9.50 Å². The Kier molecular flexibility index (Phi) is 5.89. The number of hydrogen-bond donors (Lipinski definition) is 1. The zero-order valence-corrected chi connectivity index (χ0v) is 21.5. The normalized spacial score (nSPS) is 18.9. The Hall–Kier alpha value is -2.70. The second kappa shape index (κ2) is 9.07. The van der Waals surface area contributed by atoms with Gasteiger partial charge in [0.15, 0.2) is 5.65 Å². The molecule has 2 aliphatic heterocycles. The zero-order chi connectivity index (χ0) is 24.1. The number of nitrogens with zero attached hydrogens (tertiary/aromatic N) is 4. The van der Waals surface area contributed by atoms with E-state index in [9.17, 15) is 0 Å². The van der Waals surface area contributed by atoms with Crippen LogP contribution in [-0.2, 0) is 4.74 Å². The maximum atomic E-state index is 5.58. The number of pyridine rings is 1. The van der Waals surface area contributed by atoms with E-state index in [1.165, 1.54) is 72.1 Å². The molecule has 2 saturated heterocycles. The minimum atomic E-state index is 0.413. The Balaban J connectivity index is 1.34. The monoisotopic (exact) mass is 471 g/mol. The maximum Gasteiger partial charge on any atom is 0.158 e. The van der Waals surface area contributed by atoms with Crippen molar-refractivity contribution in [3.05, 3.63) is 53.0 Å². The number of fused-ring (bicyclic) bond motifs is 2. The summed E-state index contributed by atoms with van der Waals surface area (Å²) in [5.41, 5.74) is 9.77. The molecule has 35 heavy (non-hydrogen) atoms. The van der Waals surface area contributed by atoms with E-state index < -0.39 is 0 Å². The first kappa shape index (κ1) is 22.7. The first-order valence-electron chi connectivity index (χ1n) is 13.3. The number of aryl methyl sites for hydroxylation is 2. The third-order valence-corrected chi connectivity index (χ3v) is 8.39. The van der Waals surface area contributed by atoms with E-state index in [-0.39, 0.29) is 0 Å². The van der Waals surface area contributed by atoms with E-state index in [0.29, 0.717) is 11.8 Å². The molecule has 0 spiro atoms. The summed E-state index contributed by atoms with van der Waals surface area (Å²) < 4.78 is 7.55. The summed E-state index contributed by atoms with van der Waals surface area (Å²) in [7, 11) is 0. The summed E-state index contributed by atoms with van der Waals surface area (Å²) in [6, 6.07) is 10.1. The first-order chi connectivity index (χ1) is 17.0. The minimum Gasteiger partial charge on any atom is -0.381 e. The molecule has 3 aromatic heterocycles. The molecule has 2 aliphatic rings. The van der Waals surface area contributed by atoms with Gasteiger partial charge in [-0.1, -0.05) is 19.9 Å². The van der Waals surface area contributed by atoms with Gasteiger partial charge < -0.3 is 14.6 Å². The zero-order valence-electron chi connectivity index (χ0n) is 21.5. The number of benzene rings is 1. The van der Waals surface area contributed by atoms with Gasteiger partial charge in [0.25, 0.3) is 0 Å². The lowest BCUT2D eigenvalue weighted by Gasteiger charge is -2.39. The van der Waals surface area contributed by atoms with Crippen molar-refractivity contribution in [1.29, 1.82) is 0 Å². The minimum absolute atomic E-state index is 0.413. The van der Waals surface area contributed by atoms with Gasteiger partial charge in [0, 0.05) is 35.7 Å². The van der Waals surface area contributed by atoms with E-state index in [1.807, 2.05) is 4.52 Å². The number of rotatable bonds is 4. The van der Waals surface area contributed by atoms with E-state index in [0.717, 1.165) is 36.2 Å². The fraction of sp³-hybridized carbons (Fsp3) is 0.517. The Bertz CT molecular complexity index is 1350. The molecule has 1 aromatic carbocycles. The van der Waals surface area contributed by atoms with E-state index >= 15 is 0 Å². The predicted molar refractivity (Wildman–Crippen MR) is 141 cm³/mol. The highest BCUT2D eigenvalue weighted by Gasteiger charge is 2.28. The lowest BCUT2D eigenvalue weighted by atomic mass is 9.86. The molecule has 0 atom stereocenters. The van der Waals surface area contributed by atoms with Gasteiger partial charge in [-0.3, -0.25) is 0 Å². The summed E-state index contributed by atoms with van der Waals surface area (Å²) in [5, 5.41) is 5.86. The molecule has 6 nitrogen and oxygen atoms in total. The van der Waals surface area contributed by atoms with Crippen molar-refractivity contribution >= 4 is 16.6 Å². The molecular weight excluding hydrogens is 434 g/mol. The van der Waals surface area contributed by atoms with Crippen LogP contribution in [0.15, 0.2) is 30.6 Å². The van der Waals surface area contributed by atoms with Crippen molar-refractivity contribution in [2.75, 3.05) is 26.3 Å². The van der Waals surface area contributed by atoms with Gasteiger partial charge in [-0.05, 0) is 99.3 Å². The molecule has 184 valence electrons. The molecule has 2 fully saturated rings. The fourth-order valence-corrected chi connectivity index (χ4v) is 6.45. The van der Waals surface area contributed by atoms with Crippen LogP contribution in [0.25, 0.3) is 27.8 Å². The highest BCUT2D eigenvalue weighted by molar-refractivity contribution is 5.92. The summed E-state index contributed by atoms with van der Waals surface area (Å²) in [6.45, 7) is 13.1. The second-order valence-electron chi connectivity index (χ2n) is 10.8. The molecule has 6 rings (SSSR count). The third kappa shape index (κ3) is 3.97. The summed E-state index contributed by atoms with van der Waals surface area (Å²) in [5.74, 6) is 1.06. The van der Waals surface area contributed by atoms with Crippen molar-refractivity contribution in [1.82, 2.24) is 24.5 Å². The molecule has 6 heteroatoms. The van der Waals surface area contributed by atoms with Crippen LogP contribution in [0.1, 0.15) is 73.8 Å². The van der Waals surface area contributed by atoms with E-state index in [2.05, 4.69) is 71.9 Å². The molecule has 0 aliphatic carbocycles. The van der Waals surface area contributed by atoms with Crippen molar-refractivity contribution in [2.45, 2.75) is 71.3 Å². The lowest BCUT2D eigenvalue weighted by Crippen LogP contribution is -2.43. The van der Waals surface area contributed by atoms with E-state index in [1.54, 1.807) is 6.33 Å². The van der Waals surface area contributed by atoms with Crippen LogP contribution in [-0.4, -0.2) is 56.8 Å². The molecule has 0 saturated carbocycles. The third-order valence-electron chi connectivity index (χ3n) is 8.39. The fourth-order valence-electron chi connectivity index (χ4n) is 6.45. The van der Waals surface area contributed by atoms with Crippen LogP contribution < -0.4 is 0 Å². The number of ether oxygens (including phenoxy) is 1. The predicted octanol–water partition coefficient (Wildman–Crippen LogP) is 5.98. The van der Waals surface area contributed by atoms with Crippen molar-refractivity contribution in [3.8, 4) is 11.3 Å². The second-order valence-corrected chi connectivity index (χ2v) is 10.8. The van der Waals surface area contributed by atoms with Gasteiger partial charge in [-0.15, -0.1) is 0 Å². The smallest absolute Gasteiger partial charge is 0.158 e. The highest BCUT2D eigenvalue weighted by Crippen LogP contribution is 2.40. The standard InChI is InChI=1S/C29H37N5O/c1-18(2)27-25-16-22(21-7-11-33(12-8-21)23-9-13-35-14-10-23)5-6-26(25)32-28(27)24-15-19(3)29-30-17-31-34(29)20(24)4/h5-6,15-18,21,23,32H,7-14H2,1-4H3. The molecule has 0 radical (unpaired) electrons. The number of likely N-dealkylation sites (tertiary alicyclic amines) is 1. The van der Waals surface area contributed by atoms with Crippen LogP contribution in [0.4, 0.5) is 0 Å². The van der Waals surface area contributed by atoms with Crippen LogP contribution in [0, 0.1) is 13.8 Å². The molecule has 4 aromatic rings. The van der Waals surface area contributed by atoms with Gasteiger partial charge in [0.1, 0.15) is 6.33 Å². The van der Waals surface area contributed by atoms with Gasteiger partial charge in [-0.2, -0.15) is 5.10 Å². The summed E-state index contributed by atoms with van der Waals surface area (Å²) in [6.07, 6.45) is 6.53. The Labute approximate surface area is 207 Å². The number of aromatic amines is 1. The van der Waals surface area contributed by atoms with Crippen molar-refractivity contribution in [2.24, 2.45) is 0 Å². The van der Waals surface area contributed by atoms with E-state index in [4.69, 9.17) is 4.74 Å². The SMILES string of the molecule is Cc1cc(-c2[nH]c3ccc(C4CCN(C5CCOCC5)CC4)cc3c2C(C)C)c(C)n2ncnc12. The average Bonchev–Trinajstić information content (AvgIpc) is 3.52. The van der Waals surface area contributed by atoms with Crippen LogP contribution in [0.5, 0.6) is 0 Å². The Morgan fingerprint density at radius 3 is 2.54 bits per heavy atom. The van der Waals surface area contributed by atoms with Crippen molar-refractivity contribution in [3.63, 3.8) is 0 Å². The largest absolute Gasteiger partial charge is 0.381 e. The maximum absolute atomic E-state index is 5.58. The number of piperidine rings is 1. The molecule has 0 unspecified atom stereocenters. The number of H-pyrrole nitrogens is 1. The van der Waals surface area contributed by atoms with Gasteiger partial charge in [0.05, 0.1) is 11.4 Å². The molecule has 5 heterocycles. The molecule has 1 N–H and O–H groups in total. The number of hydrogen-bond acceptors (Lipinski definition) is 4. The highest BCUT2D eigenvalue weighted by atomic mass is 16.5. The topological polar surface area (TPSA) is 58.5 Å². The molecular formula is C29H37N5O.